The van der Waals surface area contributed by atoms with Crippen LogP contribution in [0.25, 0.3) is 0 Å². The summed E-state index contributed by atoms with van der Waals surface area (Å²) in [5, 5.41) is 0. The Kier molecular flexibility index (Phi) is 2.04. The Labute approximate surface area is 59.3 Å². The molecule has 0 N–H and O–H groups in total. The predicted molar refractivity (Wildman–Crippen MR) is 36.0 cm³/mol. The lowest BCUT2D eigenvalue weighted by molar-refractivity contribution is 0.184. The Morgan fingerprint density at radius 1 is 1.40 bits per heavy atom. The molecule has 0 aromatic heterocycles. The van der Waals surface area contributed by atoms with Crippen LogP contribution in [-0.4, -0.2) is 24.0 Å². The van der Waals surface area contributed by atoms with E-state index in [-0.39, 0.29) is 0 Å². The molecule has 58 valence electrons. The highest BCUT2D eigenvalue weighted by molar-refractivity contribution is 5.16. The summed E-state index contributed by atoms with van der Waals surface area (Å²) in [6, 6.07) is 0.392. The zero-order chi connectivity index (χ0) is 7.72. The van der Waals surface area contributed by atoms with Gasteiger partial charge in [0.05, 0.1) is 0 Å². The van der Waals surface area contributed by atoms with Gasteiger partial charge in [-0.05, 0) is 13.8 Å². The molecule has 1 aliphatic heterocycles. The number of rotatable bonds is 1. The van der Waals surface area contributed by atoms with Gasteiger partial charge in [-0.3, -0.25) is 4.90 Å². The fourth-order valence-electron chi connectivity index (χ4n) is 0.929. The van der Waals surface area contributed by atoms with Crippen molar-refractivity contribution in [1.82, 2.24) is 4.90 Å². The first-order valence-electron chi connectivity index (χ1n) is 3.38. The van der Waals surface area contributed by atoms with Crippen molar-refractivity contribution in [3.8, 4) is 0 Å². The molecule has 0 aromatic carbocycles. The molecule has 1 nitrogen and oxygen atoms in total. The van der Waals surface area contributed by atoms with Crippen molar-refractivity contribution in [2.45, 2.75) is 19.9 Å². The topological polar surface area (TPSA) is 3.24 Å². The van der Waals surface area contributed by atoms with E-state index in [1.807, 2.05) is 18.7 Å². The average molecular weight is 147 g/mol. The summed E-state index contributed by atoms with van der Waals surface area (Å²) in [4.78, 5) is 1.99. The number of hydrogen-bond donors (Lipinski definition) is 0. The summed E-state index contributed by atoms with van der Waals surface area (Å²) in [6.07, 6.45) is -1.49. The van der Waals surface area contributed by atoms with Crippen LogP contribution >= 0.6 is 0 Å². The molecule has 0 radical (unpaired) electrons. The van der Waals surface area contributed by atoms with Gasteiger partial charge < -0.3 is 0 Å². The molecule has 1 aliphatic rings. The second-order valence-corrected chi connectivity index (χ2v) is 2.86. The van der Waals surface area contributed by atoms with Crippen LogP contribution in [0, 0.1) is 0 Å². The second kappa shape index (κ2) is 2.66. The summed E-state index contributed by atoms with van der Waals surface area (Å²) >= 11 is 0. The van der Waals surface area contributed by atoms with Crippen molar-refractivity contribution in [3.63, 3.8) is 0 Å². The molecule has 0 aliphatic carbocycles. The normalized spacial score (nSPS) is 19.5. The fourth-order valence-corrected chi connectivity index (χ4v) is 0.929. The van der Waals surface area contributed by atoms with Crippen LogP contribution < -0.4 is 0 Å². The lowest BCUT2D eigenvalue weighted by Crippen LogP contribution is -2.44. The Hall–Kier alpha value is -0.440. The minimum absolute atomic E-state index is 0.300. The van der Waals surface area contributed by atoms with E-state index in [4.69, 9.17) is 0 Å². The minimum atomic E-state index is -1.49. The van der Waals surface area contributed by atoms with E-state index in [0.29, 0.717) is 24.7 Å². The minimum Gasteiger partial charge on any atom is -0.293 e. The summed E-state index contributed by atoms with van der Waals surface area (Å²) in [7, 11) is 0. The first kappa shape index (κ1) is 7.66. The van der Waals surface area contributed by atoms with Crippen LogP contribution in [0.2, 0.25) is 0 Å². The lowest BCUT2D eigenvalue weighted by atomic mass is 10.1. The highest BCUT2D eigenvalue weighted by Crippen LogP contribution is 2.21. The first-order chi connectivity index (χ1) is 4.61. The standard InChI is InChI=1S/C7H11F2N/c1-5(2)10-3-6(4-10)7(8)9/h5H,3-4H2,1-2H3. The van der Waals surface area contributed by atoms with Crippen LogP contribution in [0.15, 0.2) is 11.7 Å². The van der Waals surface area contributed by atoms with Gasteiger partial charge in [0.25, 0.3) is 6.08 Å². The Morgan fingerprint density at radius 2 is 1.90 bits per heavy atom. The number of hydrogen-bond acceptors (Lipinski definition) is 1. The van der Waals surface area contributed by atoms with E-state index in [2.05, 4.69) is 0 Å². The number of nitrogens with zero attached hydrogens (tertiary/aromatic N) is 1. The van der Waals surface area contributed by atoms with Crippen molar-refractivity contribution in [3.05, 3.63) is 11.7 Å². The maximum absolute atomic E-state index is 11.8. The SMILES string of the molecule is CC(C)N1CC(=C(F)F)C1. The summed E-state index contributed by atoms with van der Waals surface area (Å²) in [5.41, 5.74) is 0.300. The average Bonchev–Trinajstić information content (AvgIpc) is 1.56. The van der Waals surface area contributed by atoms with Crippen molar-refractivity contribution in [2.24, 2.45) is 0 Å². The van der Waals surface area contributed by atoms with Crippen LogP contribution in [0.1, 0.15) is 13.8 Å². The third-order valence-corrected chi connectivity index (χ3v) is 1.79. The number of halogens is 2. The van der Waals surface area contributed by atoms with Crippen molar-refractivity contribution in [2.75, 3.05) is 13.1 Å². The first-order valence-corrected chi connectivity index (χ1v) is 3.38. The fraction of sp³-hybridized carbons (Fsp3) is 0.714. The van der Waals surface area contributed by atoms with Crippen molar-refractivity contribution in [1.29, 1.82) is 0 Å². The summed E-state index contributed by atoms with van der Waals surface area (Å²) in [6.45, 7) is 4.93. The van der Waals surface area contributed by atoms with Gasteiger partial charge in [-0.25, -0.2) is 0 Å². The number of likely N-dealkylation sites (tertiary alicyclic amines) is 1. The van der Waals surface area contributed by atoms with E-state index in [1.165, 1.54) is 0 Å². The summed E-state index contributed by atoms with van der Waals surface area (Å²) < 4.78 is 23.5. The van der Waals surface area contributed by atoms with E-state index >= 15 is 0 Å². The van der Waals surface area contributed by atoms with Gasteiger partial charge in [-0.15, -0.1) is 0 Å². The third-order valence-electron chi connectivity index (χ3n) is 1.79. The van der Waals surface area contributed by atoms with Gasteiger partial charge in [-0.2, -0.15) is 8.78 Å². The van der Waals surface area contributed by atoms with E-state index in [0.717, 1.165) is 0 Å². The Morgan fingerprint density at radius 3 is 2.20 bits per heavy atom. The maximum Gasteiger partial charge on any atom is 0.272 e. The van der Waals surface area contributed by atoms with Crippen LogP contribution in [0.4, 0.5) is 8.78 Å². The van der Waals surface area contributed by atoms with Gasteiger partial charge >= 0.3 is 0 Å². The van der Waals surface area contributed by atoms with E-state index in [9.17, 15) is 8.78 Å². The van der Waals surface area contributed by atoms with Gasteiger partial charge in [0.15, 0.2) is 0 Å². The maximum atomic E-state index is 11.8. The molecule has 0 saturated carbocycles. The van der Waals surface area contributed by atoms with Gasteiger partial charge in [0.1, 0.15) is 0 Å². The highest BCUT2D eigenvalue weighted by Gasteiger charge is 2.25. The molecule has 0 bridgehead atoms. The van der Waals surface area contributed by atoms with Crippen molar-refractivity contribution >= 4 is 0 Å². The molecule has 1 saturated heterocycles. The third kappa shape index (κ3) is 1.34. The van der Waals surface area contributed by atoms with E-state index < -0.39 is 6.08 Å². The summed E-state index contributed by atoms with van der Waals surface area (Å²) in [5.74, 6) is 0. The molecule has 1 heterocycles. The Bertz CT molecular complexity index is 151. The smallest absolute Gasteiger partial charge is 0.272 e. The van der Waals surface area contributed by atoms with Crippen LogP contribution in [0.5, 0.6) is 0 Å². The van der Waals surface area contributed by atoms with E-state index in [1.54, 1.807) is 0 Å². The zero-order valence-corrected chi connectivity index (χ0v) is 6.19. The predicted octanol–water partition coefficient (Wildman–Crippen LogP) is 1.86. The molecule has 10 heavy (non-hydrogen) atoms. The van der Waals surface area contributed by atoms with Gasteiger partial charge in [0.2, 0.25) is 0 Å². The van der Waals surface area contributed by atoms with Gasteiger partial charge in [0, 0.05) is 24.7 Å². The molecule has 0 spiro atoms. The molecule has 1 rings (SSSR count). The Balaban J connectivity index is 2.38. The molecule has 3 heteroatoms. The lowest BCUT2D eigenvalue weighted by Gasteiger charge is -2.36. The molecule has 0 atom stereocenters. The highest BCUT2D eigenvalue weighted by atomic mass is 19.3. The largest absolute Gasteiger partial charge is 0.293 e. The van der Waals surface area contributed by atoms with Crippen LogP contribution in [-0.2, 0) is 0 Å². The zero-order valence-electron chi connectivity index (χ0n) is 6.19. The van der Waals surface area contributed by atoms with Crippen LogP contribution in [0.3, 0.4) is 0 Å². The molecule has 0 aromatic rings. The molecule has 0 amide bonds. The molecular formula is C7H11F2N. The van der Waals surface area contributed by atoms with Gasteiger partial charge in [-0.1, -0.05) is 0 Å². The molecule has 1 fully saturated rings. The monoisotopic (exact) mass is 147 g/mol. The molecule has 0 unspecified atom stereocenters. The van der Waals surface area contributed by atoms with Crippen molar-refractivity contribution < 1.29 is 8.78 Å². The second-order valence-electron chi connectivity index (χ2n) is 2.86. The quantitative estimate of drug-likeness (QED) is 0.547. The molecular weight excluding hydrogens is 136 g/mol.